The van der Waals surface area contributed by atoms with Gasteiger partial charge in [0.1, 0.15) is 5.82 Å². The normalized spacial score (nSPS) is 17.9. The van der Waals surface area contributed by atoms with Crippen molar-refractivity contribution in [2.75, 3.05) is 4.90 Å². The van der Waals surface area contributed by atoms with Gasteiger partial charge in [0.05, 0.1) is 18.7 Å². The number of rotatable bonds is 5. The number of anilines is 1. The fraction of sp³-hybridized carbons (Fsp3) is 0.200. The van der Waals surface area contributed by atoms with E-state index in [0.717, 1.165) is 11.1 Å². The minimum Gasteiger partial charge on any atom is -0.375 e. The van der Waals surface area contributed by atoms with E-state index in [4.69, 9.17) is 0 Å². The Morgan fingerprint density at radius 3 is 2.53 bits per heavy atom. The van der Waals surface area contributed by atoms with Gasteiger partial charge in [0, 0.05) is 11.1 Å². The van der Waals surface area contributed by atoms with Gasteiger partial charge in [-0.15, -0.1) is 0 Å². The Labute approximate surface area is 174 Å². The second-order valence-corrected chi connectivity index (χ2v) is 7.82. The zero-order valence-electron chi connectivity index (χ0n) is 16.9. The summed E-state index contributed by atoms with van der Waals surface area (Å²) >= 11 is 0. The molecule has 0 aromatic heterocycles. The van der Waals surface area contributed by atoms with Crippen molar-refractivity contribution in [3.8, 4) is 0 Å². The molecule has 4 rings (SSSR count). The summed E-state index contributed by atoms with van der Waals surface area (Å²) in [6.45, 7) is 3.88. The summed E-state index contributed by atoms with van der Waals surface area (Å²) in [6.07, 6.45) is -0.355. The first-order chi connectivity index (χ1) is 14.3. The van der Waals surface area contributed by atoms with Crippen LogP contribution in [0.15, 0.2) is 66.7 Å². The summed E-state index contributed by atoms with van der Waals surface area (Å²) in [7, 11) is 0. The molecule has 5 heteroatoms. The molecule has 1 atom stereocenters. The molecule has 0 radical (unpaired) electrons. The number of fused-ring (bicyclic) bond motifs is 1. The second kappa shape index (κ2) is 7.50. The summed E-state index contributed by atoms with van der Waals surface area (Å²) in [5.41, 5.74) is 1.89. The maximum absolute atomic E-state index is 13.6. The lowest BCUT2D eigenvalue weighted by Crippen LogP contribution is -2.41. The van der Waals surface area contributed by atoms with E-state index in [1.165, 1.54) is 17.0 Å². The molecule has 152 valence electrons. The average molecular weight is 403 g/mol. The molecular formula is C25H22FNO3. The summed E-state index contributed by atoms with van der Waals surface area (Å²) < 4.78 is 13.6. The number of benzene rings is 3. The standard InChI is InChI=1S/C25H22FNO3/c1-16-10-11-20(17(2)12-16)23(28)14-25(30)21-8-3-4-9-22(21)27(24(25)29)15-18-6-5-7-19(26)13-18/h3-13,30H,14-15H2,1-2H3. The molecule has 0 spiro atoms. The molecule has 1 amide bonds. The number of Topliss-reactive ketones (excluding diaryl/α,β-unsaturated/α-hetero) is 1. The molecule has 0 fully saturated rings. The Hall–Kier alpha value is -3.31. The molecule has 30 heavy (non-hydrogen) atoms. The van der Waals surface area contributed by atoms with Crippen LogP contribution in [0, 0.1) is 19.7 Å². The molecule has 0 saturated heterocycles. The molecule has 1 aliphatic rings. The fourth-order valence-electron chi connectivity index (χ4n) is 4.11. The zero-order valence-corrected chi connectivity index (χ0v) is 16.9. The maximum Gasteiger partial charge on any atom is 0.264 e. The third kappa shape index (κ3) is 3.42. The van der Waals surface area contributed by atoms with Crippen LogP contribution >= 0.6 is 0 Å². The molecule has 0 aliphatic carbocycles. The van der Waals surface area contributed by atoms with E-state index in [1.807, 2.05) is 26.0 Å². The van der Waals surface area contributed by atoms with Gasteiger partial charge in [0.15, 0.2) is 11.4 Å². The lowest BCUT2D eigenvalue weighted by molar-refractivity contribution is -0.136. The smallest absolute Gasteiger partial charge is 0.264 e. The van der Waals surface area contributed by atoms with Crippen LogP contribution in [0.5, 0.6) is 0 Å². The average Bonchev–Trinajstić information content (AvgIpc) is 2.90. The van der Waals surface area contributed by atoms with Gasteiger partial charge in [-0.2, -0.15) is 0 Å². The van der Waals surface area contributed by atoms with Crippen LogP contribution in [0.1, 0.15) is 39.0 Å². The minimum atomic E-state index is -1.96. The van der Waals surface area contributed by atoms with Crippen LogP contribution in [-0.4, -0.2) is 16.8 Å². The molecule has 1 aliphatic heterocycles. The number of halogens is 1. The third-order valence-electron chi connectivity index (χ3n) is 5.57. The van der Waals surface area contributed by atoms with Crippen molar-refractivity contribution in [3.05, 3.63) is 100 Å². The van der Waals surface area contributed by atoms with Crippen molar-refractivity contribution in [2.45, 2.75) is 32.4 Å². The molecule has 3 aromatic rings. The topological polar surface area (TPSA) is 57.6 Å². The van der Waals surface area contributed by atoms with Crippen molar-refractivity contribution in [1.29, 1.82) is 0 Å². The monoisotopic (exact) mass is 403 g/mol. The predicted molar refractivity (Wildman–Crippen MR) is 113 cm³/mol. The van der Waals surface area contributed by atoms with E-state index in [9.17, 15) is 19.1 Å². The summed E-state index contributed by atoms with van der Waals surface area (Å²) in [5.74, 6) is -1.27. The highest BCUT2D eigenvalue weighted by molar-refractivity contribution is 6.11. The lowest BCUT2D eigenvalue weighted by atomic mass is 9.87. The molecule has 1 N–H and O–H groups in total. The SMILES string of the molecule is Cc1ccc(C(=O)CC2(O)C(=O)N(Cc3cccc(F)c3)c3ccccc32)c(C)c1. The number of amides is 1. The Kier molecular flexibility index (Phi) is 5.00. The quantitative estimate of drug-likeness (QED) is 0.641. The Bertz CT molecular complexity index is 1160. The number of hydrogen-bond donors (Lipinski definition) is 1. The molecule has 0 saturated carbocycles. The van der Waals surface area contributed by atoms with E-state index in [1.54, 1.807) is 42.5 Å². The van der Waals surface area contributed by atoms with Crippen LogP contribution in [0.25, 0.3) is 0 Å². The second-order valence-electron chi connectivity index (χ2n) is 7.82. The number of carbonyl (C=O) groups is 2. The molecule has 4 nitrogen and oxygen atoms in total. The highest BCUT2D eigenvalue weighted by Gasteiger charge is 2.50. The number of aliphatic hydroxyl groups is 1. The lowest BCUT2D eigenvalue weighted by Gasteiger charge is -2.23. The van der Waals surface area contributed by atoms with Crippen LogP contribution in [0.3, 0.4) is 0 Å². The third-order valence-corrected chi connectivity index (χ3v) is 5.57. The molecule has 1 unspecified atom stereocenters. The number of carbonyl (C=O) groups excluding carboxylic acids is 2. The van der Waals surface area contributed by atoms with Gasteiger partial charge in [0.2, 0.25) is 0 Å². The first-order valence-corrected chi connectivity index (χ1v) is 9.78. The Morgan fingerprint density at radius 2 is 1.80 bits per heavy atom. The molecule has 3 aromatic carbocycles. The van der Waals surface area contributed by atoms with Gasteiger partial charge in [-0.3, -0.25) is 9.59 Å². The number of para-hydroxylation sites is 1. The maximum atomic E-state index is 13.6. The number of hydrogen-bond acceptors (Lipinski definition) is 3. The van der Waals surface area contributed by atoms with Crippen LogP contribution < -0.4 is 4.90 Å². The summed E-state index contributed by atoms with van der Waals surface area (Å²) in [6, 6.07) is 18.3. The van der Waals surface area contributed by atoms with Crippen molar-refractivity contribution in [1.82, 2.24) is 0 Å². The van der Waals surface area contributed by atoms with Crippen LogP contribution in [0.4, 0.5) is 10.1 Å². The molecule has 0 bridgehead atoms. The van der Waals surface area contributed by atoms with Gasteiger partial charge < -0.3 is 10.0 Å². The van der Waals surface area contributed by atoms with Crippen molar-refractivity contribution >= 4 is 17.4 Å². The van der Waals surface area contributed by atoms with Crippen LogP contribution in [0.2, 0.25) is 0 Å². The van der Waals surface area contributed by atoms with Gasteiger partial charge in [-0.1, -0.05) is 54.1 Å². The number of nitrogens with zero attached hydrogens (tertiary/aromatic N) is 1. The molecule has 1 heterocycles. The van der Waals surface area contributed by atoms with E-state index in [0.29, 0.717) is 22.4 Å². The Balaban J connectivity index is 1.69. The van der Waals surface area contributed by atoms with E-state index >= 15 is 0 Å². The predicted octanol–water partition coefficient (Wildman–Crippen LogP) is 4.45. The van der Waals surface area contributed by atoms with Crippen molar-refractivity contribution in [2.24, 2.45) is 0 Å². The highest BCUT2D eigenvalue weighted by atomic mass is 19.1. The number of aryl methyl sites for hydroxylation is 2. The highest BCUT2D eigenvalue weighted by Crippen LogP contribution is 2.43. The van der Waals surface area contributed by atoms with Gasteiger partial charge in [-0.05, 0) is 43.2 Å². The zero-order chi connectivity index (χ0) is 21.5. The van der Waals surface area contributed by atoms with Gasteiger partial charge in [-0.25, -0.2) is 4.39 Å². The van der Waals surface area contributed by atoms with E-state index < -0.39 is 17.3 Å². The van der Waals surface area contributed by atoms with E-state index in [-0.39, 0.29) is 18.7 Å². The molecular weight excluding hydrogens is 381 g/mol. The fourth-order valence-corrected chi connectivity index (χ4v) is 4.11. The number of ketones is 1. The first-order valence-electron chi connectivity index (χ1n) is 9.78. The summed E-state index contributed by atoms with van der Waals surface area (Å²) in [5, 5.41) is 11.4. The van der Waals surface area contributed by atoms with Crippen LogP contribution in [-0.2, 0) is 16.9 Å². The van der Waals surface area contributed by atoms with E-state index in [2.05, 4.69) is 0 Å². The largest absolute Gasteiger partial charge is 0.375 e. The van der Waals surface area contributed by atoms with Gasteiger partial charge in [0.25, 0.3) is 5.91 Å². The first kappa shape index (κ1) is 20.0. The van der Waals surface area contributed by atoms with Crippen molar-refractivity contribution in [3.63, 3.8) is 0 Å². The minimum absolute atomic E-state index is 0.105. The Morgan fingerprint density at radius 1 is 1.03 bits per heavy atom. The van der Waals surface area contributed by atoms with Crippen molar-refractivity contribution < 1.29 is 19.1 Å². The van der Waals surface area contributed by atoms with Gasteiger partial charge >= 0.3 is 0 Å². The summed E-state index contributed by atoms with van der Waals surface area (Å²) in [4.78, 5) is 27.7.